The van der Waals surface area contributed by atoms with Crippen LogP contribution in [0.5, 0.6) is 0 Å². The zero-order chi connectivity index (χ0) is 18.7. The summed E-state index contributed by atoms with van der Waals surface area (Å²) in [7, 11) is 0. The lowest BCUT2D eigenvalue weighted by molar-refractivity contribution is -0.137. The molecule has 1 aliphatic carbocycles. The Morgan fingerprint density at radius 1 is 1.00 bits per heavy atom. The molecule has 0 bridgehead atoms. The molecule has 1 fully saturated rings. The lowest BCUT2D eigenvalue weighted by Gasteiger charge is -2.20. The third kappa shape index (κ3) is 8.63. The Balaban J connectivity index is 2.41. The number of Topliss-reactive ketones (excluding diaryl/α,β-unsaturated/α-hetero) is 1. The van der Waals surface area contributed by atoms with E-state index in [2.05, 4.69) is 13.0 Å². The van der Waals surface area contributed by atoms with E-state index < -0.39 is 18.2 Å². The van der Waals surface area contributed by atoms with Crippen LogP contribution in [0.3, 0.4) is 0 Å². The SMILES string of the molecule is CCCCCC/C=C/[C@@H]1[C@@H](CC(=O)CCCCC(=O)O)[C@H](O)C[C@@H]1O. The van der Waals surface area contributed by atoms with E-state index >= 15 is 0 Å². The fourth-order valence-electron chi connectivity index (χ4n) is 3.57. The van der Waals surface area contributed by atoms with Gasteiger partial charge in [-0.15, -0.1) is 0 Å². The molecule has 1 aliphatic rings. The van der Waals surface area contributed by atoms with Crippen LogP contribution in [0.25, 0.3) is 0 Å². The van der Waals surface area contributed by atoms with Crippen molar-refractivity contribution < 1.29 is 24.9 Å². The maximum atomic E-state index is 12.1. The summed E-state index contributed by atoms with van der Waals surface area (Å²) in [6.07, 6.45) is 10.6. The molecule has 0 amide bonds. The summed E-state index contributed by atoms with van der Waals surface area (Å²) in [5, 5.41) is 28.9. The molecule has 5 nitrogen and oxygen atoms in total. The van der Waals surface area contributed by atoms with Crippen LogP contribution in [0.15, 0.2) is 12.2 Å². The van der Waals surface area contributed by atoms with Gasteiger partial charge in [-0.1, -0.05) is 38.3 Å². The number of ketones is 1. The van der Waals surface area contributed by atoms with Crippen LogP contribution in [0.1, 0.15) is 77.6 Å². The molecule has 0 aliphatic heterocycles. The van der Waals surface area contributed by atoms with Gasteiger partial charge in [0.15, 0.2) is 0 Å². The first kappa shape index (κ1) is 21.8. The smallest absolute Gasteiger partial charge is 0.303 e. The number of allylic oxidation sites excluding steroid dienone is 1. The van der Waals surface area contributed by atoms with Crippen LogP contribution in [-0.2, 0) is 9.59 Å². The van der Waals surface area contributed by atoms with Crippen LogP contribution in [0, 0.1) is 11.8 Å². The molecule has 1 rings (SSSR count). The molecule has 25 heavy (non-hydrogen) atoms. The minimum absolute atomic E-state index is 0.0462. The van der Waals surface area contributed by atoms with Gasteiger partial charge in [-0.2, -0.15) is 0 Å². The van der Waals surface area contributed by atoms with Gasteiger partial charge in [0.05, 0.1) is 12.2 Å². The lowest BCUT2D eigenvalue weighted by atomic mass is 9.87. The van der Waals surface area contributed by atoms with E-state index in [9.17, 15) is 19.8 Å². The minimum Gasteiger partial charge on any atom is -0.481 e. The van der Waals surface area contributed by atoms with E-state index in [4.69, 9.17) is 5.11 Å². The monoisotopic (exact) mass is 354 g/mol. The third-order valence-corrected chi connectivity index (χ3v) is 5.06. The Morgan fingerprint density at radius 2 is 1.72 bits per heavy atom. The number of hydrogen-bond acceptors (Lipinski definition) is 4. The van der Waals surface area contributed by atoms with Crippen molar-refractivity contribution in [2.45, 2.75) is 89.8 Å². The molecule has 0 aromatic carbocycles. The predicted molar refractivity (Wildman–Crippen MR) is 97.2 cm³/mol. The summed E-state index contributed by atoms with van der Waals surface area (Å²) >= 11 is 0. The highest BCUT2D eigenvalue weighted by Gasteiger charge is 2.40. The molecule has 0 aromatic heterocycles. The van der Waals surface area contributed by atoms with Crippen LogP contribution in [-0.4, -0.2) is 39.3 Å². The summed E-state index contributed by atoms with van der Waals surface area (Å²) in [6, 6.07) is 0. The number of aliphatic hydroxyl groups is 2. The Morgan fingerprint density at radius 3 is 2.40 bits per heavy atom. The average molecular weight is 354 g/mol. The Labute approximate surface area is 151 Å². The van der Waals surface area contributed by atoms with Crippen molar-refractivity contribution in [3.8, 4) is 0 Å². The van der Waals surface area contributed by atoms with Gasteiger partial charge in [0.25, 0.3) is 0 Å². The van der Waals surface area contributed by atoms with Crippen molar-refractivity contribution in [1.82, 2.24) is 0 Å². The van der Waals surface area contributed by atoms with E-state index in [0.29, 0.717) is 25.7 Å². The van der Waals surface area contributed by atoms with E-state index in [1.165, 1.54) is 19.3 Å². The predicted octanol–water partition coefficient (Wildman–Crippen LogP) is 3.48. The van der Waals surface area contributed by atoms with Crippen molar-refractivity contribution >= 4 is 11.8 Å². The van der Waals surface area contributed by atoms with E-state index in [0.717, 1.165) is 12.8 Å². The summed E-state index contributed by atoms with van der Waals surface area (Å²) in [5.74, 6) is -1.19. The highest BCUT2D eigenvalue weighted by atomic mass is 16.4. The summed E-state index contributed by atoms with van der Waals surface area (Å²) in [5.41, 5.74) is 0. The molecular formula is C20H34O5. The molecule has 3 N–H and O–H groups in total. The average Bonchev–Trinajstić information content (AvgIpc) is 2.81. The van der Waals surface area contributed by atoms with Crippen LogP contribution >= 0.6 is 0 Å². The second-order valence-electron chi connectivity index (χ2n) is 7.23. The quantitative estimate of drug-likeness (QED) is 0.348. The Hall–Kier alpha value is -1.20. The van der Waals surface area contributed by atoms with Gasteiger partial charge in [0, 0.05) is 37.5 Å². The van der Waals surface area contributed by atoms with Gasteiger partial charge in [0.2, 0.25) is 0 Å². The minimum atomic E-state index is -0.842. The summed E-state index contributed by atoms with van der Waals surface area (Å²) in [6.45, 7) is 2.18. The maximum absolute atomic E-state index is 12.1. The first-order valence-electron chi connectivity index (χ1n) is 9.72. The number of aliphatic hydroxyl groups excluding tert-OH is 2. The highest BCUT2D eigenvalue weighted by molar-refractivity contribution is 5.78. The fraction of sp³-hybridized carbons (Fsp3) is 0.800. The number of carboxylic acids is 1. The largest absolute Gasteiger partial charge is 0.481 e. The van der Waals surface area contributed by atoms with Gasteiger partial charge in [-0.25, -0.2) is 0 Å². The highest BCUT2D eigenvalue weighted by Crippen LogP contribution is 2.36. The van der Waals surface area contributed by atoms with E-state index in [1.54, 1.807) is 0 Å². The first-order chi connectivity index (χ1) is 12.0. The summed E-state index contributed by atoms with van der Waals surface area (Å²) in [4.78, 5) is 22.6. The number of aliphatic carboxylic acids is 1. The molecule has 0 heterocycles. The zero-order valence-corrected chi connectivity index (χ0v) is 15.4. The Kier molecular flexibility index (Phi) is 10.7. The van der Waals surface area contributed by atoms with Crippen molar-refractivity contribution in [2.75, 3.05) is 0 Å². The number of rotatable bonds is 13. The molecule has 1 saturated carbocycles. The van der Waals surface area contributed by atoms with Gasteiger partial charge in [-0.05, 0) is 25.7 Å². The fourth-order valence-corrected chi connectivity index (χ4v) is 3.57. The van der Waals surface area contributed by atoms with E-state index in [-0.39, 0.29) is 30.5 Å². The molecule has 144 valence electrons. The Bertz CT molecular complexity index is 432. The molecular weight excluding hydrogens is 320 g/mol. The second kappa shape index (κ2) is 12.2. The van der Waals surface area contributed by atoms with Crippen molar-refractivity contribution in [1.29, 1.82) is 0 Å². The molecule has 4 atom stereocenters. The maximum Gasteiger partial charge on any atom is 0.303 e. The van der Waals surface area contributed by atoms with Gasteiger partial charge >= 0.3 is 5.97 Å². The molecule has 0 spiro atoms. The van der Waals surface area contributed by atoms with Gasteiger partial charge in [-0.3, -0.25) is 9.59 Å². The number of carboxylic acid groups (broad SMARTS) is 1. The molecule has 0 saturated heterocycles. The zero-order valence-electron chi connectivity index (χ0n) is 15.4. The third-order valence-electron chi connectivity index (χ3n) is 5.06. The lowest BCUT2D eigenvalue weighted by Crippen LogP contribution is -2.23. The molecule has 0 aromatic rings. The van der Waals surface area contributed by atoms with Crippen LogP contribution < -0.4 is 0 Å². The molecule has 5 heteroatoms. The van der Waals surface area contributed by atoms with Crippen LogP contribution in [0.4, 0.5) is 0 Å². The van der Waals surface area contributed by atoms with Gasteiger partial charge < -0.3 is 15.3 Å². The van der Waals surface area contributed by atoms with Crippen LogP contribution in [0.2, 0.25) is 0 Å². The number of hydrogen-bond donors (Lipinski definition) is 3. The van der Waals surface area contributed by atoms with Crippen molar-refractivity contribution in [3.05, 3.63) is 12.2 Å². The molecule has 0 radical (unpaired) electrons. The van der Waals surface area contributed by atoms with Gasteiger partial charge in [0.1, 0.15) is 5.78 Å². The van der Waals surface area contributed by atoms with Crippen molar-refractivity contribution in [3.63, 3.8) is 0 Å². The standard InChI is InChI=1S/C20H34O5/c1-2-3-4-5-6-7-11-16-17(19(23)14-18(16)22)13-15(21)10-8-9-12-20(24)25/h7,11,16-19,22-23H,2-6,8-10,12-14H2,1H3,(H,24,25)/b11-7+/t16-,17-,18+,19-/m1/s1. The summed E-state index contributed by atoms with van der Waals surface area (Å²) < 4.78 is 0. The number of carbonyl (C=O) groups excluding carboxylic acids is 1. The normalized spacial score (nSPS) is 26.4. The first-order valence-corrected chi connectivity index (χ1v) is 9.72. The van der Waals surface area contributed by atoms with Crippen molar-refractivity contribution in [2.24, 2.45) is 11.8 Å². The second-order valence-corrected chi connectivity index (χ2v) is 7.23. The van der Waals surface area contributed by atoms with E-state index in [1.807, 2.05) is 6.08 Å². The number of carbonyl (C=O) groups is 2. The topological polar surface area (TPSA) is 94.8 Å². The molecule has 0 unspecified atom stereocenters. The number of unbranched alkanes of at least 4 members (excludes halogenated alkanes) is 5.